The first-order valence-corrected chi connectivity index (χ1v) is 11.0. The summed E-state index contributed by atoms with van der Waals surface area (Å²) in [7, 11) is 0. The predicted molar refractivity (Wildman–Crippen MR) is 124 cm³/mol. The van der Waals surface area contributed by atoms with Gasteiger partial charge in [0.1, 0.15) is 18.0 Å². The van der Waals surface area contributed by atoms with E-state index in [1.165, 1.54) is 12.1 Å². The summed E-state index contributed by atoms with van der Waals surface area (Å²) in [5.41, 5.74) is 0.701. The van der Waals surface area contributed by atoms with Crippen LogP contribution in [0, 0.1) is 11.3 Å². The average molecular weight is 482 g/mol. The van der Waals surface area contributed by atoms with Gasteiger partial charge in [-0.15, -0.1) is 0 Å². The van der Waals surface area contributed by atoms with Crippen LogP contribution in [0.5, 0.6) is 5.88 Å². The van der Waals surface area contributed by atoms with Crippen molar-refractivity contribution in [3.63, 3.8) is 0 Å². The van der Waals surface area contributed by atoms with Gasteiger partial charge in [0.05, 0.1) is 34.0 Å². The van der Waals surface area contributed by atoms with Crippen LogP contribution in [0.15, 0.2) is 46.5 Å². The highest BCUT2D eigenvalue weighted by atomic mass is 19.4. The first-order valence-electron chi connectivity index (χ1n) is 11.0. The molecule has 1 saturated heterocycles. The molecule has 0 atom stereocenters. The van der Waals surface area contributed by atoms with Crippen molar-refractivity contribution in [3.8, 4) is 11.9 Å². The van der Waals surface area contributed by atoms with Crippen molar-refractivity contribution in [3.05, 3.63) is 58.7 Å². The van der Waals surface area contributed by atoms with Gasteiger partial charge in [0, 0.05) is 43.7 Å². The Morgan fingerprint density at radius 2 is 2.00 bits per heavy atom. The Morgan fingerprint density at radius 1 is 1.20 bits per heavy atom. The Kier molecular flexibility index (Phi) is 5.92. The second-order valence-corrected chi connectivity index (χ2v) is 8.24. The lowest BCUT2D eigenvalue weighted by Crippen LogP contribution is -2.44. The Morgan fingerprint density at radius 3 is 2.74 bits per heavy atom. The summed E-state index contributed by atoms with van der Waals surface area (Å²) in [6.07, 6.45) is -4.61. The van der Waals surface area contributed by atoms with Crippen LogP contribution in [-0.4, -0.2) is 65.7 Å². The molecule has 0 radical (unpaired) electrons. The molecule has 0 amide bonds. The van der Waals surface area contributed by atoms with Crippen molar-refractivity contribution in [1.82, 2.24) is 15.2 Å². The number of aliphatic imine (C=N–C) groups is 1. The first-order chi connectivity index (χ1) is 16.9. The van der Waals surface area contributed by atoms with Crippen molar-refractivity contribution >= 4 is 28.0 Å². The van der Waals surface area contributed by atoms with E-state index in [1.807, 2.05) is 0 Å². The summed E-state index contributed by atoms with van der Waals surface area (Å²) < 4.78 is 40.7. The Labute approximate surface area is 198 Å². The summed E-state index contributed by atoms with van der Waals surface area (Å²) in [5, 5.41) is 27.7. The van der Waals surface area contributed by atoms with E-state index in [0.717, 1.165) is 32.2 Å². The number of hydrogen-bond donors (Lipinski definition) is 3. The maximum absolute atomic E-state index is 13.6. The van der Waals surface area contributed by atoms with Crippen molar-refractivity contribution < 1.29 is 23.1 Å². The number of aromatic nitrogens is 1. The number of rotatable bonds is 5. The number of piperazine rings is 1. The molecule has 180 valence electrons. The quantitative estimate of drug-likeness (QED) is 0.381. The molecule has 2 aliphatic heterocycles. The molecule has 35 heavy (non-hydrogen) atoms. The summed E-state index contributed by atoms with van der Waals surface area (Å²) in [5.74, 6) is -0.461. The van der Waals surface area contributed by atoms with Crippen LogP contribution in [-0.2, 0) is 11.0 Å². The number of H-pyrrole nitrogens is 1. The number of oxime groups is 1. The molecule has 2 aromatic carbocycles. The lowest BCUT2D eigenvalue weighted by molar-refractivity contribution is -0.136. The second kappa shape index (κ2) is 9.05. The molecule has 11 heteroatoms. The number of nitrogens with one attached hydrogen (secondary N) is 2. The number of halogens is 3. The molecule has 1 aromatic heterocycles. The minimum absolute atomic E-state index is 0.0882. The number of para-hydroxylation sites is 1. The normalized spacial score (nSPS) is 17.4. The molecule has 2 aliphatic rings. The van der Waals surface area contributed by atoms with Crippen molar-refractivity contribution in [2.24, 2.45) is 10.1 Å². The van der Waals surface area contributed by atoms with E-state index in [0.29, 0.717) is 30.0 Å². The van der Waals surface area contributed by atoms with Crippen LogP contribution in [0.2, 0.25) is 0 Å². The zero-order chi connectivity index (χ0) is 24.6. The van der Waals surface area contributed by atoms with Gasteiger partial charge in [0.2, 0.25) is 0 Å². The monoisotopic (exact) mass is 482 g/mol. The summed E-state index contributed by atoms with van der Waals surface area (Å²) in [4.78, 5) is 14.8. The Bertz CT molecular complexity index is 1380. The predicted octanol–water partition coefficient (Wildman–Crippen LogP) is 3.52. The fraction of sp³-hybridized carbons (Fsp3) is 0.292. The van der Waals surface area contributed by atoms with E-state index in [1.54, 1.807) is 18.2 Å². The third-order valence-corrected chi connectivity index (χ3v) is 6.06. The molecule has 0 spiro atoms. The number of hydrogen-bond acceptors (Lipinski definition) is 7. The van der Waals surface area contributed by atoms with Crippen LogP contribution in [0.1, 0.15) is 22.3 Å². The molecule has 3 aromatic rings. The van der Waals surface area contributed by atoms with Crippen LogP contribution in [0.4, 0.5) is 18.9 Å². The van der Waals surface area contributed by atoms with Gasteiger partial charge in [-0.25, -0.2) is 4.99 Å². The Hall–Kier alpha value is -3.88. The van der Waals surface area contributed by atoms with Gasteiger partial charge in [-0.3, -0.25) is 4.90 Å². The molecule has 5 rings (SSSR count). The van der Waals surface area contributed by atoms with Crippen molar-refractivity contribution in [2.75, 3.05) is 39.3 Å². The standard InChI is InChI=1S/C24H21F3N6O2/c25-24(26,27)17-3-1-2-15-19(23(34)31-20(15)17)22-21(16-12-14(13-28)4-5-18(16)30-22)32-35-11-10-33-8-6-29-7-9-33/h1-5,12,29,31,34H,6-11H2/b32-21+. The highest BCUT2D eigenvalue weighted by Gasteiger charge is 2.36. The van der Waals surface area contributed by atoms with Crippen molar-refractivity contribution in [1.29, 1.82) is 5.26 Å². The van der Waals surface area contributed by atoms with E-state index in [9.17, 15) is 23.5 Å². The van der Waals surface area contributed by atoms with Gasteiger partial charge in [0.25, 0.3) is 0 Å². The fourth-order valence-electron chi connectivity index (χ4n) is 4.36. The van der Waals surface area contributed by atoms with Crippen LogP contribution < -0.4 is 5.32 Å². The van der Waals surface area contributed by atoms with Crippen LogP contribution in [0.25, 0.3) is 10.9 Å². The maximum atomic E-state index is 13.6. The molecule has 0 bridgehead atoms. The molecule has 8 nitrogen and oxygen atoms in total. The van der Waals surface area contributed by atoms with E-state index in [2.05, 4.69) is 31.4 Å². The highest BCUT2D eigenvalue weighted by molar-refractivity contribution is 6.58. The number of nitrogens with zero attached hydrogens (tertiary/aromatic N) is 4. The number of aromatic amines is 1. The molecule has 0 unspecified atom stereocenters. The number of fused-ring (bicyclic) bond motifs is 2. The highest BCUT2D eigenvalue weighted by Crippen LogP contribution is 2.40. The molecular formula is C24H21F3N6O2. The average Bonchev–Trinajstić information content (AvgIpc) is 3.37. The molecular weight excluding hydrogens is 461 g/mol. The molecule has 0 saturated carbocycles. The minimum atomic E-state index is -4.61. The summed E-state index contributed by atoms with van der Waals surface area (Å²) >= 11 is 0. The summed E-state index contributed by atoms with van der Waals surface area (Å²) in [6.45, 7) is 4.54. The third-order valence-electron chi connectivity index (χ3n) is 6.06. The maximum Gasteiger partial charge on any atom is 0.418 e. The largest absolute Gasteiger partial charge is 0.494 e. The fourth-order valence-corrected chi connectivity index (χ4v) is 4.36. The van der Waals surface area contributed by atoms with Gasteiger partial charge < -0.3 is 20.2 Å². The SMILES string of the molecule is N#Cc1ccc2c(c1)/C(=N\OCCN1CCNCC1)C(c1c(O)[nH]c3c(C(F)(F)F)cccc13)=N2. The molecule has 1 fully saturated rings. The molecule has 0 aliphatic carbocycles. The number of benzene rings is 2. The van der Waals surface area contributed by atoms with Gasteiger partial charge in [0.15, 0.2) is 5.88 Å². The molecule has 3 N–H and O–H groups in total. The zero-order valence-electron chi connectivity index (χ0n) is 18.5. The minimum Gasteiger partial charge on any atom is -0.494 e. The van der Waals surface area contributed by atoms with Gasteiger partial charge in [-0.05, 0) is 24.3 Å². The summed E-state index contributed by atoms with van der Waals surface area (Å²) in [6, 6.07) is 10.6. The van der Waals surface area contributed by atoms with Crippen molar-refractivity contribution in [2.45, 2.75) is 6.18 Å². The lowest BCUT2D eigenvalue weighted by Gasteiger charge is -2.26. The van der Waals surface area contributed by atoms with Crippen LogP contribution in [0.3, 0.4) is 0 Å². The van der Waals surface area contributed by atoms with Gasteiger partial charge >= 0.3 is 6.18 Å². The third kappa shape index (κ3) is 4.34. The number of alkyl halides is 3. The second-order valence-electron chi connectivity index (χ2n) is 8.24. The van der Waals surface area contributed by atoms with Crippen LogP contribution >= 0.6 is 0 Å². The van der Waals surface area contributed by atoms with E-state index < -0.39 is 17.6 Å². The van der Waals surface area contributed by atoms with E-state index in [4.69, 9.17) is 4.84 Å². The lowest BCUT2D eigenvalue weighted by atomic mass is 9.99. The van der Waals surface area contributed by atoms with Gasteiger partial charge in [-0.2, -0.15) is 18.4 Å². The van der Waals surface area contributed by atoms with Gasteiger partial charge in [-0.1, -0.05) is 17.3 Å². The first kappa shape index (κ1) is 22.9. The van der Waals surface area contributed by atoms with E-state index in [-0.39, 0.29) is 27.9 Å². The number of aromatic hydroxyl groups is 1. The molecule has 3 heterocycles. The Balaban J connectivity index is 1.54. The number of nitriles is 1. The zero-order valence-corrected chi connectivity index (χ0v) is 18.5. The topological polar surface area (TPSA) is 109 Å². The smallest absolute Gasteiger partial charge is 0.418 e. The van der Waals surface area contributed by atoms with E-state index >= 15 is 0 Å².